The second-order valence-corrected chi connectivity index (χ2v) is 2.37. The van der Waals surface area contributed by atoms with E-state index in [2.05, 4.69) is 35.9 Å². The van der Waals surface area contributed by atoms with Crippen LogP contribution in [0.25, 0.3) is 0 Å². The van der Waals surface area contributed by atoms with Gasteiger partial charge in [0.2, 0.25) is 0 Å². The molecule has 8 heavy (non-hydrogen) atoms. The molecule has 0 saturated carbocycles. The van der Waals surface area contributed by atoms with Gasteiger partial charge >= 0.3 is 0 Å². The van der Waals surface area contributed by atoms with Crippen molar-refractivity contribution in [2.45, 2.75) is 26.7 Å². The predicted molar refractivity (Wildman–Crippen MR) is 42.5 cm³/mol. The molecule has 0 aliphatic rings. The van der Waals surface area contributed by atoms with Gasteiger partial charge in [-0.25, -0.2) is 0 Å². The molecule has 0 bridgehead atoms. The number of alkyl halides is 1. The highest BCUT2D eigenvalue weighted by Gasteiger charge is 1.85. The van der Waals surface area contributed by atoms with Crippen LogP contribution in [0.5, 0.6) is 0 Å². The third-order valence-electron chi connectivity index (χ3n) is 1.27. The van der Waals surface area contributed by atoms with Crippen LogP contribution in [0.4, 0.5) is 0 Å². The van der Waals surface area contributed by atoms with Crippen molar-refractivity contribution in [3.05, 3.63) is 11.6 Å². The lowest BCUT2D eigenvalue weighted by atomic mass is 10.1. The third kappa shape index (κ3) is 3.25. The zero-order chi connectivity index (χ0) is 6.41. The SMILES string of the molecule is CCC(=CCBr)CC. The lowest BCUT2D eigenvalue weighted by Crippen LogP contribution is -1.76. The van der Waals surface area contributed by atoms with Crippen LogP contribution in [0.15, 0.2) is 11.6 Å². The fourth-order valence-electron chi connectivity index (χ4n) is 0.648. The third-order valence-corrected chi connectivity index (χ3v) is 1.60. The van der Waals surface area contributed by atoms with Crippen LogP contribution in [0.2, 0.25) is 0 Å². The molecule has 0 spiro atoms. The Labute approximate surface area is 60.1 Å². The van der Waals surface area contributed by atoms with Crippen molar-refractivity contribution in [3.8, 4) is 0 Å². The molecule has 0 radical (unpaired) electrons. The lowest BCUT2D eigenvalue weighted by molar-refractivity contribution is 0.974. The highest BCUT2D eigenvalue weighted by Crippen LogP contribution is 2.04. The molecule has 0 unspecified atom stereocenters. The van der Waals surface area contributed by atoms with Gasteiger partial charge in [0.15, 0.2) is 0 Å². The molecule has 0 fully saturated rings. The molecule has 0 aromatic heterocycles. The van der Waals surface area contributed by atoms with E-state index >= 15 is 0 Å². The number of hydrogen-bond acceptors (Lipinski definition) is 0. The summed E-state index contributed by atoms with van der Waals surface area (Å²) in [7, 11) is 0. The van der Waals surface area contributed by atoms with Crippen LogP contribution < -0.4 is 0 Å². The molecule has 0 aromatic rings. The second-order valence-electron chi connectivity index (χ2n) is 1.72. The van der Waals surface area contributed by atoms with Crippen molar-refractivity contribution >= 4 is 15.9 Å². The smallest absolute Gasteiger partial charge is 0.0214 e. The Morgan fingerprint density at radius 3 is 2.00 bits per heavy atom. The summed E-state index contributed by atoms with van der Waals surface area (Å²) in [6.07, 6.45) is 4.63. The first-order valence-corrected chi connectivity index (χ1v) is 4.21. The number of halogens is 1. The van der Waals surface area contributed by atoms with Gasteiger partial charge in [-0.3, -0.25) is 0 Å². The Kier molecular flexibility index (Phi) is 5.51. The Bertz CT molecular complexity index is 68.5. The first kappa shape index (κ1) is 8.22. The minimum atomic E-state index is 1.00. The number of rotatable bonds is 3. The second kappa shape index (κ2) is 5.36. The van der Waals surface area contributed by atoms with Gasteiger partial charge in [0.05, 0.1) is 0 Å². The fraction of sp³-hybridized carbons (Fsp3) is 0.714. The topological polar surface area (TPSA) is 0 Å². The molecule has 1 heteroatoms. The monoisotopic (exact) mass is 176 g/mol. The van der Waals surface area contributed by atoms with Crippen LogP contribution in [0, 0.1) is 0 Å². The van der Waals surface area contributed by atoms with E-state index < -0.39 is 0 Å². The Morgan fingerprint density at radius 2 is 1.88 bits per heavy atom. The molecule has 0 aromatic carbocycles. The summed E-state index contributed by atoms with van der Waals surface area (Å²) in [5, 5.41) is 1.00. The first-order valence-electron chi connectivity index (χ1n) is 3.09. The largest absolute Gasteiger partial charge is 0.0883 e. The van der Waals surface area contributed by atoms with Crippen molar-refractivity contribution < 1.29 is 0 Å². The zero-order valence-corrected chi connectivity index (χ0v) is 7.16. The van der Waals surface area contributed by atoms with Gasteiger partial charge in [0, 0.05) is 5.33 Å². The molecule has 0 nitrogen and oxygen atoms in total. The Hall–Kier alpha value is 0.220. The molecule has 0 atom stereocenters. The summed E-state index contributed by atoms with van der Waals surface area (Å²) < 4.78 is 0. The highest BCUT2D eigenvalue weighted by molar-refractivity contribution is 9.09. The van der Waals surface area contributed by atoms with E-state index in [1.807, 2.05) is 0 Å². The molecule has 0 rings (SSSR count). The summed E-state index contributed by atoms with van der Waals surface area (Å²) in [6.45, 7) is 4.38. The van der Waals surface area contributed by atoms with Crippen LogP contribution in [0.3, 0.4) is 0 Å². The van der Waals surface area contributed by atoms with Gasteiger partial charge in [0.1, 0.15) is 0 Å². The molecule has 48 valence electrons. The van der Waals surface area contributed by atoms with E-state index in [1.54, 1.807) is 5.57 Å². The van der Waals surface area contributed by atoms with Gasteiger partial charge in [-0.2, -0.15) is 0 Å². The van der Waals surface area contributed by atoms with Crippen molar-refractivity contribution in [2.75, 3.05) is 5.33 Å². The minimum Gasteiger partial charge on any atom is -0.0883 e. The van der Waals surface area contributed by atoms with Gasteiger partial charge < -0.3 is 0 Å². The lowest BCUT2D eigenvalue weighted by Gasteiger charge is -1.95. The van der Waals surface area contributed by atoms with Crippen molar-refractivity contribution in [3.63, 3.8) is 0 Å². The van der Waals surface area contributed by atoms with Crippen molar-refractivity contribution in [2.24, 2.45) is 0 Å². The maximum Gasteiger partial charge on any atom is 0.0214 e. The Balaban J connectivity index is 3.49. The predicted octanol–water partition coefficient (Wildman–Crippen LogP) is 3.13. The quantitative estimate of drug-likeness (QED) is 0.459. The average molecular weight is 177 g/mol. The van der Waals surface area contributed by atoms with E-state index in [0.717, 1.165) is 5.33 Å². The van der Waals surface area contributed by atoms with E-state index in [-0.39, 0.29) is 0 Å². The summed E-state index contributed by atoms with van der Waals surface area (Å²) in [4.78, 5) is 0. The number of allylic oxidation sites excluding steroid dienone is 2. The molecular formula is C7H13Br. The van der Waals surface area contributed by atoms with Gasteiger partial charge in [0.25, 0.3) is 0 Å². The van der Waals surface area contributed by atoms with Crippen LogP contribution in [-0.4, -0.2) is 5.33 Å². The van der Waals surface area contributed by atoms with Gasteiger partial charge in [-0.1, -0.05) is 41.4 Å². The summed E-state index contributed by atoms with van der Waals surface area (Å²) in [5.74, 6) is 0. The van der Waals surface area contributed by atoms with Crippen LogP contribution in [0.1, 0.15) is 26.7 Å². The van der Waals surface area contributed by atoms with Crippen LogP contribution in [-0.2, 0) is 0 Å². The first-order chi connectivity index (χ1) is 3.85. The molecule has 0 saturated heterocycles. The maximum absolute atomic E-state index is 3.36. The molecule has 0 heterocycles. The van der Waals surface area contributed by atoms with E-state index in [1.165, 1.54) is 12.8 Å². The summed E-state index contributed by atoms with van der Waals surface area (Å²) in [5.41, 5.74) is 1.54. The maximum atomic E-state index is 3.36. The van der Waals surface area contributed by atoms with Gasteiger partial charge in [-0.05, 0) is 12.8 Å². The zero-order valence-electron chi connectivity index (χ0n) is 5.58. The van der Waals surface area contributed by atoms with Crippen molar-refractivity contribution in [1.29, 1.82) is 0 Å². The summed E-state index contributed by atoms with van der Waals surface area (Å²) >= 11 is 3.36. The van der Waals surface area contributed by atoms with Crippen molar-refractivity contribution in [1.82, 2.24) is 0 Å². The minimum absolute atomic E-state index is 1.00. The Morgan fingerprint density at radius 1 is 1.38 bits per heavy atom. The highest BCUT2D eigenvalue weighted by atomic mass is 79.9. The van der Waals surface area contributed by atoms with Gasteiger partial charge in [-0.15, -0.1) is 0 Å². The normalized spacial score (nSPS) is 8.88. The summed E-state index contributed by atoms with van der Waals surface area (Å²) in [6, 6.07) is 0. The van der Waals surface area contributed by atoms with E-state index in [0.29, 0.717) is 0 Å². The number of hydrogen-bond donors (Lipinski definition) is 0. The van der Waals surface area contributed by atoms with Crippen LogP contribution >= 0.6 is 15.9 Å². The molecule has 0 amide bonds. The fourth-order valence-corrected chi connectivity index (χ4v) is 1.11. The average Bonchev–Trinajstić information content (AvgIpc) is 1.83. The van der Waals surface area contributed by atoms with E-state index in [4.69, 9.17) is 0 Å². The molecule has 0 aliphatic heterocycles. The molecular weight excluding hydrogens is 164 g/mol. The van der Waals surface area contributed by atoms with E-state index in [9.17, 15) is 0 Å². The molecule has 0 aliphatic carbocycles. The molecule has 0 N–H and O–H groups in total. The standard InChI is InChI=1S/C7H13Br/c1-3-7(4-2)5-6-8/h5H,3-4,6H2,1-2H3.